The van der Waals surface area contributed by atoms with Gasteiger partial charge in [0.1, 0.15) is 5.75 Å². The summed E-state index contributed by atoms with van der Waals surface area (Å²) in [5.74, 6) is -0.308. The zero-order valence-electron chi connectivity index (χ0n) is 11.5. The number of likely N-dealkylation sites (N-methyl/N-ethyl adjacent to an activating group) is 1. The van der Waals surface area contributed by atoms with Crippen molar-refractivity contribution < 1.29 is 14.3 Å². The van der Waals surface area contributed by atoms with Gasteiger partial charge < -0.3 is 21.1 Å². The highest BCUT2D eigenvalue weighted by atomic mass is 35.5. The molecular weight excluding hydrogens is 282 g/mol. The molecule has 0 bridgehead atoms. The largest absolute Gasteiger partial charge is 0.484 e. The molecular formula is C13H20ClN3O3. The maximum Gasteiger partial charge on any atom is 0.255 e. The van der Waals surface area contributed by atoms with Crippen molar-refractivity contribution in [3.8, 4) is 5.75 Å². The van der Waals surface area contributed by atoms with Gasteiger partial charge in [0.2, 0.25) is 0 Å². The minimum absolute atomic E-state index is 0. The van der Waals surface area contributed by atoms with E-state index in [4.69, 9.17) is 10.5 Å². The third-order valence-electron chi connectivity index (χ3n) is 2.54. The first-order valence-corrected chi connectivity index (χ1v) is 5.99. The first kappa shape index (κ1) is 18.2. The molecule has 0 fully saturated rings. The molecule has 0 aliphatic heterocycles. The smallest absolute Gasteiger partial charge is 0.255 e. The van der Waals surface area contributed by atoms with Gasteiger partial charge in [-0.1, -0.05) is 6.07 Å². The summed E-state index contributed by atoms with van der Waals surface area (Å²) in [7, 11) is 1.83. The van der Waals surface area contributed by atoms with Crippen molar-refractivity contribution in [2.75, 3.05) is 20.2 Å². The number of rotatable bonds is 7. The molecule has 0 heterocycles. The zero-order chi connectivity index (χ0) is 14.3. The van der Waals surface area contributed by atoms with E-state index >= 15 is 0 Å². The van der Waals surface area contributed by atoms with Gasteiger partial charge in [-0.25, -0.2) is 0 Å². The van der Waals surface area contributed by atoms with Crippen LogP contribution in [0.15, 0.2) is 24.3 Å². The van der Waals surface area contributed by atoms with Gasteiger partial charge in [-0.15, -0.1) is 12.4 Å². The zero-order valence-corrected chi connectivity index (χ0v) is 12.3. The summed E-state index contributed by atoms with van der Waals surface area (Å²) in [6.45, 7) is 2.29. The molecule has 0 saturated carbocycles. The summed E-state index contributed by atoms with van der Waals surface area (Å²) in [5, 5.41) is 5.82. The van der Waals surface area contributed by atoms with Crippen molar-refractivity contribution in [2.45, 2.75) is 13.0 Å². The maximum absolute atomic E-state index is 11.9. The van der Waals surface area contributed by atoms with E-state index in [0.29, 0.717) is 17.9 Å². The van der Waals surface area contributed by atoms with Gasteiger partial charge in [-0.05, 0) is 32.2 Å². The van der Waals surface area contributed by atoms with E-state index in [1.807, 2.05) is 14.0 Å². The summed E-state index contributed by atoms with van der Waals surface area (Å²) in [4.78, 5) is 22.5. The number of primary amides is 1. The van der Waals surface area contributed by atoms with E-state index in [0.717, 1.165) is 0 Å². The third kappa shape index (κ3) is 6.40. The lowest BCUT2D eigenvalue weighted by Crippen LogP contribution is -2.37. The van der Waals surface area contributed by atoms with Gasteiger partial charge in [0.15, 0.2) is 6.61 Å². The van der Waals surface area contributed by atoms with Crippen LogP contribution in [-0.4, -0.2) is 38.1 Å². The molecule has 0 saturated heterocycles. The number of ether oxygens (including phenoxy) is 1. The number of nitrogens with two attached hydrogens (primary N) is 1. The second-order valence-electron chi connectivity index (χ2n) is 4.18. The molecule has 6 nitrogen and oxygen atoms in total. The molecule has 1 unspecified atom stereocenters. The molecule has 1 aromatic rings. The van der Waals surface area contributed by atoms with Crippen LogP contribution in [0.25, 0.3) is 0 Å². The molecule has 0 spiro atoms. The highest BCUT2D eigenvalue weighted by Crippen LogP contribution is 2.13. The van der Waals surface area contributed by atoms with Crippen molar-refractivity contribution >= 4 is 24.2 Å². The number of hydrogen-bond donors (Lipinski definition) is 3. The fraction of sp³-hybridized carbons (Fsp3) is 0.385. The molecule has 20 heavy (non-hydrogen) atoms. The van der Waals surface area contributed by atoms with Crippen LogP contribution < -0.4 is 21.1 Å². The van der Waals surface area contributed by atoms with Gasteiger partial charge in [0, 0.05) is 18.2 Å². The van der Waals surface area contributed by atoms with Gasteiger partial charge in [-0.3, -0.25) is 9.59 Å². The minimum atomic E-state index is -0.558. The lowest BCUT2D eigenvalue weighted by atomic mass is 10.2. The van der Waals surface area contributed by atoms with E-state index in [9.17, 15) is 9.59 Å². The Hall–Kier alpha value is -1.79. The molecule has 4 N–H and O–H groups in total. The lowest BCUT2D eigenvalue weighted by molar-refractivity contribution is -0.119. The molecule has 1 aromatic carbocycles. The van der Waals surface area contributed by atoms with Crippen LogP contribution in [0.2, 0.25) is 0 Å². The number of halogens is 1. The Balaban J connectivity index is 0.00000361. The van der Waals surface area contributed by atoms with E-state index in [2.05, 4.69) is 10.6 Å². The first-order valence-electron chi connectivity index (χ1n) is 5.99. The summed E-state index contributed by atoms with van der Waals surface area (Å²) in [6, 6.07) is 6.79. The Morgan fingerprint density at radius 1 is 1.40 bits per heavy atom. The van der Waals surface area contributed by atoms with Crippen LogP contribution in [0.1, 0.15) is 17.3 Å². The average molecular weight is 302 g/mol. The predicted octanol–water partition coefficient (Wildman–Crippen LogP) is 0.310. The minimum Gasteiger partial charge on any atom is -0.484 e. The molecule has 0 aliphatic carbocycles. The lowest BCUT2D eigenvalue weighted by Gasteiger charge is -2.12. The van der Waals surface area contributed by atoms with Crippen molar-refractivity contribution in [3.63, 3.8) is 0 Å². The molecule has 1 atom stereocenters. The SMILES string of the molecule is CNC(C)CNC(=O)c1cccc(OCC(N)=O)c1.Cl. The van der Waals surface area contributed by atoms with Gasteiger partial charge in [0.25, 0.3) is 11.8 Å². The molecule has 0 radical (unpaired) electrons. The molecule has 7 heteroatoms. The quantitative estimate of drug-likeness (QED) is 0.676. The summed E-state index contributed by atoms with van der Waals surface area (Å²) < 4.78 is 5.14. The molecule has 112 valence electrons. The highest BCUT2D eigenvalue weighted by Gasteiger charge is 2.08. The monoisotopic (exact) mass is 301 g/mol. The van der Waals surface area contributed by atoms with Crippen molar-refractivity contribution in [2.24, 2.45) is 5.73 Å². The summed E-state index contributed by atoms with van der Waals surface area (Å²) in [5.41, 5.74) is 5.46. The van der Waals surface area contributed by atoms with Crippen LogP contribution in [0.4, 0.5) is 0 Å². The molecule has 2 amide bonds. The second-order valence-corrected chi connectivity index (χ2v) is 4.18. The number of carbonyl (C=O) groups excluding carboxylic acids is 2. The number of hydrogen-bond acceptors (Lipinski definition) is 4. The normalized spacial score (nSPS) is 11.1. The van der Waals surface area contributed by atoms with E-state index in [-0.39, 0.29) is 31.0 Å². The van der Waals surface area contributed by atoms with Crippen LogP contribution in [0, 0.1) is 0 Å². The van der Waals surface area contributed by atoms with Crippen LogP contribution in [-0.2, 0) is 4.79 Å². The van der Waals surface area contributed by atoms with Gasteiger partial charge in [-0.2, -0.15) is 0 Å². The van der Waals surface area contributed by atoms with Crippen molar-refractivity contribution in [1.82, 2.24) is 10.6 Å². The molecule has 0 aliphatic rings. The van der Waals surface area contributed by atoms with Crippen LogP contribution >= 0.6 is 12.4 Å². The summed E-state index contributed by atoms with van der Waals surface area (Å²) >= 11 is 0. The fourth-order valence-corrected chi connectivity index (χ4v) is 1.33. The summed E-state index contributed by atoms with van der Waals surface area (Å²) in [6.07, 6.45) is 0. The van der Waals surface area contributed by atoms with E-state index < -0.39 is 5.91 Å². The maximum atomic E-state index is 11.9. The number of nitrogens with one attached hydrogen (secondary N) is 2. The standard InChI is InChI=1S/C13H19N3O3.ClH/c1-9(15-2)7-16-13(18)10-4-3-5-11(6-10)19-8-12(14)17;/h3-6,9,15H,7-8H2,1-2H3,(H2,14,17)(H,16,18);1H. The third-order valence-corrected chi connectivity index (χ3v) is 2.54. The van der Waals surface area contributed by atoms with Gasteiger partial charge in [0.05, 0.1) is 0 Å². The van der Waals surface area contributed by atoms with Crippen LogP contribution in [0.3, 0.4) is 0 Å². The second kappa shape index (κ2) is 9.17. The molecule has 0 aromatic heterocycles. The Bertz CT molecular complexity index is 454. The Labute approximate surface area is 124 Å². The van der Waals surface area contributed by atoms with E-state index in [1.54, 1.807) is 24.3 Å². The average Bonchev–Trinajstić information content (AvgIpc) is 2.42. The Morgan fingerprint density at radius 3 is 2.70 bits per heavy atom. The molecule has 1 rings (SSSR count). The number of benzene rings is 1. The highest BCUT2D eigenvalue weighted by molar-refractivity contribution is 5.94. The van der Waals surface area contributed by atoms with Crippen molar-refractivity contribution in [1.29, 1.82) is 0 Å². The Morgan fingerprint density at radius 2 is 2.10 bits per heavy atom. The first-order chi connectivity index (χ1) is 9.02. The fourth-order valence-electron chi connectivity index (χ4n) is 1.33. The predicted molar refractivity (Wildman–Crippen MR) is 79.2 cm³/mol. The van der Waals surface area contributed by atoms with Gasteiger partial charge >= 0.3 is 0 Å². The number of amides is 2. The topological polar surface area (TPSA) is 93.4 Å². The van der Waals surface area contributed by atoms with E-state index in [1.165, 1.54) is 0 Å². The van der Waals surface area contributed by atoms with Crippen LogP contribution in [0.5, 0.6) is 5.75 Å². The van der Waals surface area contributed by atoms with Crippen molar-refractivity contribution in [3.05, 3.63) is 29.8 Å². The number of carbonyl (C=O) groups is 2. The Kier molecular flexibility index (Phi) is 8.35.